The minimum Gasteiger partial charge on any atom is -0.480 e. The number of rotatable bonds is 14. The van der Waals surface area contributed by atoms with Gasteiger partial charge in [0.2, 0.25) is 23.6 Å². The van der Waals surface area contributed by atoms with E-state index in [1.54, 1.807) is 20.0 Å². The first-order valence-electron chi connectivity index (χ1n) is 11.8. The molecule has 12 nitrogen and oxygen atoms in total. The Kier molecular flexibility index (Phi) is 10.9. The molecule has 202 valence electrons. The van der Waals surface area contributed by atoms with Crippen molar-refractivity contribution in [2.45, 2.75) is 57.3 Å². The third-order valence-electron chi connectivity index (χ3n) is 5.81. The summed E-state index contributed by atoms with van der Waals surface area (Å²) in [6, 6.07) is 2.98. The predicted molar refractivity (Wildman–Crippen MR) is 141 cm³/mol. The van der Waals surface area contributed by atoms with E-state index < -0.39 is 59.7 Å². The van der Waals surface area contributed by atoms with Gasteiger partial charge in [-0.2, -0.15) is 12.6 Å². The van der Waals surface area contributed by atoms with E-state index in [1.165, 1.54) is 0 Å². The largest absolute Gasteiger partial charge is 0.480 e. The van der Waals surface area contributed by atoms with Crippen molar-refractivity contribution >= 4 is 53.1 Å². The molecule has 2 rings (SSSR count). The highest BCUT2D eigenvalue weighted by Crippen LogP contribution is 2.18. The SMILES string of the molecule is CC(C)C(NC(=O)C(CCC(N)=O)NC(=O)C(CS)NC(=O)C(N)Cc1c[nH]c2ccccc12)C(=O)O. The minimum absolute atomic E-state index is 0.106. The third-order valence-corrected chi connectivity index (χ3v) is 6.18. The standard InChI is InChI=1S/C24H34N6O6S/c1-12(2)20(24(35)36)30-22(33)17(7-8-19(26)31)28-23(34)18(11-37)29-21(32)15(25)9-13-10-27-16-6-4-3-5-14(13)16/h3-6,10,12,15,17-18,20,27,37H,7-9,11,25H2,1-2H3,(H2,26,31)(H,28,34)(H,29,32)(H,30,33)(H,35,36). The molecule has 4 amide bonds. The second-order valence-corrected chi connectivity index (χ2v) is 9.41. The number of benzene rings is 1. The second kappa shape index (κ2) is 13.7. The summed E-state index contributed by atoms with van der Waals surface area (Å²) in [7, 11) is 0. The average Bonchev–Trinajstić information content (AvgIpc) is 3.25. The molecule has 0 saturated carbocycles. The summed E-state index contributed by atoms with van der Waals surface area (Å²) in [5, 5.41) is 17.6. The number of thiol groups is 1. The summed E-state index contributed by atoms with van der Waals surface area (Å²) in [5.41, 5.74) is 13.0. The molecule has 0 fully saturated rings. The van der Waals surface area contributed by atoms with Gasteiger partial charge in [-0.1, -0.05) is 32.0 Å². The number of aromatic amines is 1. The molecule has 0 aliphatic heterocycles. The first-order chi connectivity index (χ1) is 17.4. The van der Waals surface area contributed by atoms with E-state index in [2.05, 4.69) is 33.6 Å². The first kappa shape index (κ1) is 29.6. The van der Waals surface area contributed by atoms with Gasteiger partial charge in [-0.3, -0.25) is 19.2 Å². The fraction of sp³-hybridized carbons (Fsp3) is 0.458. The minimum atomic E-state index is -1.26. The number of hydrogen-bond donors (Lipinski definition) is 8. The molecular formula is C24H34N6O6S. The summed E-state index contributed by atoms with van der Waals surface area (Å²) in [6.07, 6.45) is 1.59. The van der Waals surface area contributed by atoms with Crippen LogP contribution in [0.2, 0.25) is 0 Å². The highest BCUT2D eigenvalue weighted by atomic mass is 32.1. The number of amides is 4. The van der Waals surface area contributed by atoms with E-state index in [-0.39, 0.29) is 25.0 Å². The Labute approximate surface area is 219 Å². The van der Waals surface area contributed by atoms with Gasteiger partial charge in [0.05, 0.1) is 6.04 Å². The van der Waals surface area contributed by atoms with Gasteiger partial charge in [0.25, 0.3) is 0 Å². The number of hydrogen-bond acceptors (Lipinski definition) is 7. The number of carbonyl (C=O) groups excluding carboxylic acids is 4. The molecule has 1 aromatic heterocycles. The maximum atomic E-state index is 12.9. The quantitative estimate of drug-likeness (QED) is 0.148. The third kappa shape index (κ3) is 8.50. The van der Waals surface area contributed by atoms with E-state index in [0.717, 1.165) is 16.5 Å². The van der Waals surface area contributed by atoms with Crippen molar-refractivity contribution in [1.29, 1.82) is 0 Å². The number of para-hydroxylation sites is 1. The molecule has 37 heavy (non-hydrogen) atoms. The van der Waals surface area contributed by atoms with Crippen LogP contribution < -0.4 is 27.4 Å². The number of aliphatic carboxylic acids is 1. The van der Waals surface area contributed by atoms with E-state index in [4.69, 9.17) is 11.5 Å². The first-order valence-corrected chi connectivity index (χ1v) is 12.4. The van der Waals surface area contributed by atoms with Crippen molar-refractivity contribution in [3.8, 4) is 0 Å². The number of nitrogens with one attached hydrogen (secondary N) is 4. The Morgan fingerprint density at radius 3 is 2.22 bits per heavy atom. The van der Waals surface area contributed by atoms with Crippen LogP contribution in [0.4, 0.5) is 0 Å². The zero-order chi connectivity index (χ0) is 27.7. The zero-order valence-electron chi connectivity index (χ0n) is 20.7. The molecular weight excluding hydrogens is 500 g/mol. The Bertz CT molecular complexity index is 1140. The van der Waals surface area contributed by atoms with Crippen molar-refractivity contribution in [3.05, 3.63) is 36.0 Å². The van der Waals surface area contributed by atoms with Gasteiger partial charge in [-0.05, 0) is 30.4 Å². The number of primary amides is 1. The summed E-state index contributed by atoms with van der Waals surface area (Å²) >= 11 is 4.13. The fourth-order valence-electron chi connectivity index (χ4n) is 3.70. The van der Waals surface area contributed by atoms with Gasteiger partial charge in [0.15, 0.2) is 0 Å². The summed E-state index contributed by atoms with van der Waals surface area (Å²) in [4.78, 5) is 64.3. The second-order valence-electron chi connectivity index (χ2n) is 9.05. The van der Waals surface area contributed by atoms with E-state index in [9.17, 15) is 29.1 Å². The number of carboxylic acids is 1. The summed E-state index contributed by atoms with van der Waals surface area (Å²) in [5.74, 6) is -4.62. The molecule has 4 atom stereocenters. The molecule has 0 spiro atoms. The highest BCUT2D eigenvalue weighted by Gasteiger charge is 2.31. The van der Waals surface area contributed by atoms with E-state index in [0.29, 0.717) is 0 Å². The number of nitrogens with two attached hydrogens (primary N) is 2. The van der Waals surface area contributed by atoms with Gasteiger partial charge in [0.1, 0.15) is 18.1 Å². The zero-order valence-corrected chi connectivity index (χ0v) is 21.6. The molecule has 2 aromatic rings. The lowest BCUT2D eigenvalue weighted by atomic mass is 10.0. The van der Waals surface area contributed by atoms with Crippen LogP contribution in [0, 0.1) is 5.92 Å². The normalized spacial score (nSPS) is 14.4. The van der Waals surface area contributed by atoms with Crippen molar-refractivity contribution in [2.75, 3.05) is 5.75 Å². The predicted octanol–water partition coefficient (Wildman–Crippen LogP) is -0.572. The lowest BCUT2D eigenvalue weighted by molar-refractivity contribution is -0.143. The van der Waals surface area contributed by atoms with Crippen LogP contribution in [0.5, 0.6) is 0 Å². The molecule has 0 bridgehead atoms. The van der Waals surface area contributed by atoms with Gasteiger partial charge >= 0.3 is 5.97 Å². The Hall–Kier alpha value is -3.58. The molecule has 9 N–H and O–H groups in total. The van der Waals surface area contributed by atoms with Crippen LogP contribution in [-0.2, 0) is 30.4 Å². The number of aromatic nitrogens is 1. The summed E-state index contributed by atoms with van der Waals surface area (Å²) < 4.78 is 0. The maximum absolute atomic E-state index is 12.9. The van der Waals surface area contributed by atoms with Gasteiger partial charge in [-0.25, -0.2) is 4.79 Å². The van der Waals surface area contributed by atoms with Gasteiger partial charge in [0, 0.05) is 29.3 Å². The Morgan fingerprint density at radius 2 is 1.62 bits per heavy atom. The molecule has 0 aliphatic rings. The number of fused-ring (bicyclic) bond motifs is 1. The van der Waals surface area contributed by atoms with E-state index in [1.807, 2.05) is 24.3 Å². The van der Waals surface area contributed by atoms with Crippen LogP contribution in [0.3, 0.4) is 0 Å². The topological polar surface area (TPSA) is 209 Å². The molecule has 1 aromatic carbocycles. The van der Waals surface area contributed by atoms with Crippen molar-refractivity contribution in [3.63, 3.8) is 0 Å². The van der Waals surface area contributed by atoms with E-state index >= 15 is 0 Å². The van der Waals surface area contributed by atoms with Crippen LogP contribution >= 0.6 is 12.6 Å². The smallest absolute Gasteiger partial charge is 0.326 e. The number of carbonyl (C=O) groups is 5. The number of H-pyrrole nitrogens is 1. The van der Waals surface area contributed by atoms with Crippen LogP contribution in [0.15, 0.2) is 30.5 Å². The number of carboxylic acid groups (broad SMARTS) is 1. The highest BCUT2D eigenvalue weighted by molar-refractivity contribution is 7.80. The molecule has 4 unspecified atom stereocenters. The van der Waals surface area contributed by atoms with Crippen molar-refractivity contribution in [2.24, 2.45) is 17.4 Å². The van der Waals surface area contributed by atoms with Gasteiger partial charge in [-0.15, -0.1) is 0 Å². The fourth-order valence-corrected chi connectivity index (χ4v) is 3.96. The molecule has 13 heteroatoms. The lowest BCUT2D eigenvalue weighted by Crippen LogP contribution is -2.58. The molecule has 0 aliphatic carbocycles. The Balaban J connectivity index is 2.06. The monoisotopic (exact) mass is 534 g/mol. The lowest BCUT2D eigenvalue weighted by Gasteiger charge is -2.25. The van der Waals surface area contributed by atoms with Crippen molar-refractivity contribution in [1.82, 2.24) is 20.9 Å². The average molecular weight is 535 g/mol. The molecule has 0 radical (unpaired) electrons. The van der Waals surface area contributed by atoms with Gasteiger partial charge < -0.3 is 37.5 Å². The Morgan fingerprint density at radius 1 is 1.00 bits per heavy atom. The molecule has 0 saturated heterocycles. The summed E-state index contributed by atoms with van der Waals surface area (Å²) in [6.45, 7) is 3.23. The van der Waals surface area contributed by atoms with Crippen LogP contribution in [0.1, 0.15) is 32.3 Å². The maximum Gasteiger partial charge on any atom is 0.326 e. The van der Waals surface area contributed by atoms with Crippen LogP contribution in [0.25, 0.3) is 10.9 Å². The van der Waals surface area contributed by atoms with Crippen molar-refractivity contribution < 1.29 is 29.1 Å². The van der Waals surface area contributed by atoms with Crippen LogP contribution in [-0.4, -0.2) is 69.6 Å². The molecule has 1 heterocycles.